The number of fused-ring (bicyclic) bond motifs is 13. The van der Waals surface area contributed by atoms with Crippen LogP contribution in [0.5, 0.6) is 0 Å². The fourth-order valence-electron chi connectivity index (χ4n) is 12.6. The summed E-state index contributed by atoms with van der Waals surface area (Å²) < 4.78 is 9.96. The first kappa shape index (κ1) is 42.4. The van der Waals surface area contributed by atoms with Gasteiger partial charge in [0.25, 0.3) is 0 Å². The summed E-state index contributed by atoms with van der Waals surface area (Å²) in [5, 5.41) is 9.74. The van der Waals surface area contributed by atoms with Crippen LogP contribution in [0, 0.1) is 0 Å². The minimum absolute atomic E-state index is 1.11. The Balaban J connectivity index is 1.00. The minimum atomic E-state index is 1.11. The summed E-state index contributed by atoms with van der Waals surface area (Å²) in [6, 6.07) is 103. The summed E-state index contributed by atoms with van der Waals surface area (Å²) in [5.74, 6) is 0. The van der Waals surface area contributed by atoms with E-state index >= 15 is 0 Å². The molecule has 4 aromatic heterocycles. The van der Waals surface area contributed by atoms with Crippen molar-refractivity contribution in [2.75, 3.05) is 0 Å². The van der Waals surface area contributed by atoms with Gasteiger partial charge < -0.3 is 18.3 Å². The Morgan fingerprint density at radius 1 is 0.184 bits per heavy atom. The Kier molecular flexibility index (Phi) is 9.30. The maximum absolute atomic E-state index is 2.54. The summed E-state index contributed by atoms with van der Waals surface area (Å²) in [7, 11) is 0. The number of rotatable bonds is 7. The molecule has 0 spiro atoms. The third-order valence-electron chi connectivity index (χ3n) is 15.9. The molecule has 0 aliphatic carbocycles. The van der Waals surface area contributed by atoms with E-state index in [1.165, 1.54) is 104 Å². The lowest BCUT2D eigenvalue weighted by atomic mass is 9.96. The number of hydrogen-bond donors (Lipinski definition) is 0. The van der Waals surface area contributed by atoms with Gasteiger partial charge in [0.15, 0.2) is 0 Å². The molecule has 0 N–H and O–H groups in total. The van der Waals surface area contributed by atoms with Crippen LogP contribution in [0.1, 0.15) is 0 Å². The van der Waals surface area contributed by atoms with Crippen LogP contribution in [-0.4, -0.2) is 18.3 Å². The predicted molar refractivity (Wildman–Crippen MR) is 320 cm³/mol. The van der Waals surface area contributed by atoms with Gasteiger partial charge >= 0.3 is 0 Å². The van der Waals surface area contributed by atoms with Gasteiger partial charge in [0, 0.05) is 65.8 Å². The Morgan fingerprint density at radius 2 is 0.539 bits per heavy atom. The number of aromatic nitrogens is 4. The summed E-state index contributed by atoms with van der Waals surface area (Å²) in [6.45, 7) is 0. The van der Waals surface area contributed by atoms with E-state index in [2.05, 4.69) is 297 Å². The quantitative estimate of drug-likeness (QED) is 0.152. The zero-order valence-electron chi connectivity index (χ0n) is 41.3. The molecule has 16 aromatic rings. The molecule has 0 bridgehead atoms. The molecule has 0 saturated heterocycles. The first-order chi connectivity index (χ1) is 37.7. The van der Waals surface area contributed by atoms with E-state index in [0.29, 0.717) is 0 Å². The maximum Gasteiger partial charge on any atom is 0.0795 e. The number of hydrogen-bond acceptors (Lipinski definition) is 0. The van der Waals surface area contributed by atoms with Gasteiger partial charge in [-0.1, -0.05) is 188 Å². The molecule has 16 rings (SSSR count). The zero-order valence-corrected chi connectivity index (χ0v) is 41.3. The molecular weight excluding hydrogens is 921 g/mol. The summed E-state index contributed by atoms with van der Waals surface area (Å²) in [5.41, 5.74) is 21.0. The Morgan fingerprint density at radius 3 is 1.08 bits per heavy atom. The van der Waals surface area contributed by atoms with E-state index in [1.54, 1.807) is 0 Å². The fourth-order valence-corrected chi connectivity index (χ4v) is 12.6. The number of para-hydroxylation sites is 5. The molecule has 0 atom stereocenters. The highest BCUT2D eigenvalue weighted by Crippen LogP contribution is 2.48. The summed E-state index contributed by atoms with van der Waals surface area (Å²) >= 11 is 0. The van der Waals surface area contributed by atoms with E-state index in [4.69, 9.17) is 0 Å². The maximum atomic E-state index is 2.54. The predicted octanol–water partition coefficient (Wildman–Crippen LogP) is 19.1. The largest absolute Gasteiger partial charge is 0.309 e. The average Bonchev–Trinajstić information content (AvgIpc) is 4.38. The topological polar surface area (TPSA) is 19.7 Å². The van der Waals surface area contributed by atoms with Gasteiger partial charge in [-0.05, 0) is 124 Å². The Hall–Kier alpha value is -10.2. The van der Waals surface area contributed by atoms with Gasteiger partial charge in [-0.15, -0.1) is 0 Å². The highest BCUT2D eigenvalue weighted by molar-refractivity contribution is 6.28. The van der Waals surface area contributed by atoms with Crippen molar-refractivity contribution in [3.63, 3.8) is 0 Å². The van der Waals surface area contributed by atoms with Crippen molar-refractivity contribution in [2.45, 2.75) is 0 Å². The van der Waals surface area contributed by atoms with Crippen LogP contribution < -0.4 is 0 Å². The number of nitrogens with zero attached hydrogens (tertiary/aromatic N) is 4. The molecule has 0 fully saturated rings. The van der Waals surface area contributed by atoms with Gasteiger partial charge in [-0.25, -0.2) is 0 Å². The lowest BCUT2D eigenvalue weighted by Crippen LogP contribution is -2.00. The van der Waals surface area contributed by atoms with Crippen molar-refractivity contribution in [2.24, 2.45) is 0 Å². The van der Waals surface area contributed by atoms with E-state index in [9.17, 15) is 0 Å². The average molecular weight is 967 g/mol. The molecule has 76 heavy (non-hydrogen) atoms. The SMILES string of the molecule is c1ccc(-c2cccc(-n3c4ccccc4c4cc(-c5cccc(-n6c7ccccc7c7cc8c(cc76)c6ccccc6n8-c6ccccc6)c5)c5c6ccccc6n(-c6cccc(-c7ccccc7)c6)c5c43)c2)cc1. The molecule has 0 amide bonds. The zero-order chi connectivity index (χ0) is 49.8. The van der Waals surface area contributed by atoms with Gasteiger partial charge in [0.05, 0.1) is 44.1 Å². The molecule has 4 nitrogen and oxygen atoms in total. The third-order valence-corrected chi connectivity index (χ3v) is 15.9. The van der Waals surface area contributed by atoms with Crippen molar-refractivity contribution in [1.29, 1.82) is 0 Å². The standard InChI is InChI=1S/C72H46N4/c1-4-21-47(22-5-1)49-25-18-31-54(41-49)75-66-39-16-12-35-58(66)63-44-60(70-59-36-13-17-40-67(59)76(72(70)71(63)75)55-32-19-26-50(42-55)48-23-6-2-7-24-48)51-27-20-30-53(43-51)74-65-38-15-11-34-57(65)62-45-68-61(46-69(62)74)56-33-10-14-37-64(56)73(68)52-28-8-3-9-29-52/h1-46H. The molecule has 4 heteroatoms. The van der Waals surface area contributed by atoms with Crippen LogP contribution in [-0.2, 0) is 0 Å². The smallest absolute Gasteiger partial charge is 0.0795 e. The first-order valence-corrected chi connectivity index (χ1v) is 26.2. The second kappa shape index (κ2) is 16.7. The second-order valence-electron chi connectivity index (χ2n) is 20.1. The molecule has 354 valence electrons. The second-order valence-corrected chi connectivity index (χ2v) is 20.1. The summed E-state index contributed by atoms with van der Waals surface area (Å²) in [6.07, 6.45) is 0. The minimum Gasteiger partial charge on any atom is -0.309 e. The van der Waals surface area contributed by atoms with E-state index in [-0.39, 0.29) is 0 Å². The van der Waals surface area contributed by atoms with Crippen LogP contribution in [0.2, 0.25) is 0 Å². The van der Waals surface area contributed by atoms with Crippen LogP contribution >= 0.6 is 0 Å². The van der Waals surface area contributed by atoms with E-state index in [0.717, 1.165) is 39.3 Å². The highest BCUT2D eigenvalue weighted by Gasteiger charge is 2.26. The van der Waals surface area contributed by atoms with Gasteiger partial charge in [-0.3, -0.25) is 0 Å². The third kappa shape index (κ3) is 6.31. The number of benzene rings is 12. The van der Waals surface area contributed by atoms with Crippen molar-refractivity contribution >= 4 is 87.2 Å². The van der Waals surface area contributed by atoms with Crippen molar-refractivity contribution < 1.29 is 0 Å². The highest BCUT2D eigenvalue weighted by atomic mass is 15.0. The fraction of sp³-hybridized carbons (Fsp3) is 0. The van der Waals surface area contributed by atoms with Crippen LogP contribution in [0.3, 0.4) is 0 Å². The first-order valence-electron chi connectivity index (χ1n) is 26.2. The Bertz CT molecular complexity index is 4970. The van der Waals surface area contributed by atoms with Gasteiger partial charge in [0.1, 0.15) is 0 Å². The van der Waals surface area contributed by atoms with Crippen LogP contribution in [0.25, 0.3) is 143 Å². The van der Waals surface area contributed by atoms with Crippen molar-refractivity contribution in [1.82, 2.24) is 18.3 Å². The van der Waals surface area contributed by atoms with Crippen LogP contribution in [0.15, 0.2) is 279 Å². The molecule has 0 radical (unpaired) electrons. The monoisotopic (exact) mass is 966 g/mol. The summed E-state index contributed by atoms with van der Waals surface area (Å²) in [4.78, 5) is 0. The van der Waals surface area contributed by atoms with Gasteiger partial charge in [-0.2, -0.15) is 0 Å². The van der Waals surface area contributed by atoms with Crippen LogP contribution in [0.4, 0.5) is 0 Å². The van der Waals surface area contributed by atoms with Crippen molar-refractivity contribution in [3.8, 4) is 56.1 Å². The van der Waals surface area contributed by atoms with E-state index < -0.39 is 0 Å². The molecule has 0 aliphatic rings. The lowest BCUT2D eigenvalue weighted by Gasteiger charge is -2.16. The lowest BCUT2D eigenvalue weighted by molar-refractivity contribution is 1.15. The molecule has 0 aliphatic heterocycles. The Labute approximate surface area is 438 Å². The molecular formula is C72H46N4. The van der Waals surface area contributed by atoms with E-state index in [1.807, 2.05) is 0 Å². The van der Waals surface area contributed by atoms with Crippen molar-refractivity contribution in [3.05, 3.63) is 279 Å². The van der Waals surface area contributed by atoms with Gasteiger partial charge in [0.2, 0.25) is 0 Å². The molecule has 0 saturated carbocycles. The molecule has 4 heterocycles. The normalized spacial score (nSPS) is 11.9. The molecule has 0 unspecified atom stereocenters. The molecule has 12 aromatic carbocycles.